The molecule has 0 amide bonds. The molecule has 4 N–H and O–H groups in total. The van der Waals surface area contributed by atoms with Crippen molar-refractivity contribution in [1.82, 2.24) is 0 Å². The van der Waals surface area contributed by atoms with Crippen LogP contribution in [0, 0.1) is 0 Å². The van der Waals surface area contributed by atoms with Gasteiger partial charge in [0, 0.05) is 6.04 Å². The number of rotatable bonds is 2. The number of nitrogen functional groups attached to an aromatic ring is 1. The van der Waals surface area contributed by atoms with Crippen molar-refractivity contribution >= 4 is 17.3 Å². The fourth-order valence-electron chi connectivity index (χ4n) is 1.07. The molecule has 1 rings (SSSR count). The molecule has 66 valence electrons. The van der Waals surface area contributed by atoms with Crippen LogP contribution in [0.3, 0.4) is 0 Å². The Morgan fingerprint density at radius 3 is 2.67 bits per heavy atom. The van der Waals surface area contributed by atoms with Crippen molar-refractivity contribution in [2.75, 3.05) is 5.73 Å². The first kappa shape index (κ1) is 9.36. The van der Waals surface area contributed by atoms with Crippen LogP contribution in [0.1, 0.15) is 12.5 Å². The van der Waals surface area contributed by atoms with Gasteiger partial charge in [-0.05, 0) is 31.0 Å². The van der Waals surface area contributed by atoms with Crippen LogP contribution in [0.2, 0.25) is 5.02 Å². The summed E-state index contributed by atoms with van der Waals surface area (Å²) in [5, 5.41) is 0.605. The normalized spacial score (nSPS) is 12.9. The Balaban J connectivity index is 2.82. The van der Waals surface area contributed by atoms with E-state index in [0.717, 1.165) is 12.0 Å². The van der Waals surface area contributed by atoms with Crippen LogP contribution in [0.25, 0.3) is 0 Å². The molecular formula is C9H13ClN2. The molecule has 2 nitrogen and oxygen atoms in total. The summed E-state index contributed by atoms with van der Waals surface area (Å²) < 4.78 is 0. The molecule has 0 saturated heterocycles. The van der Waals surface area contributed by atoms with E-state index in [1.807, 2.05) is 19.1 Å². The van der Waals surface area contributed by atoms with Crippen molar-refractivity contribution in [3.05, 3.63) is 28.8 Å². The van der Waals surface area contributed by atoms with Crippen molar-refractivity contribution in [3.8, 4) is 0 Å². The largest absolute Gasteiger partial charge is 0.398 e. The highest BCUT2D eigenvalue weighted by atomic mass is 35.5. The van der Waals surface area contributed by atoms with Gasteiger partial charge in [0.15, 0.2) is 0 Å². The molecule has 1 aromatic carbocycles. The van der Waals surface area contributed by atoms with E-state index in [9.17, 15) is 0 Å². The summed E-state index contributed by atoms with van der Waals surface area (Å²) in [6.45, 7) is 1.96. The molecular weight excluding hydrogens is 172 g/mol. The van der Waals surface area contributed by atoms with Gasteiger partial charge in [0.05, 0.1) is 10.7 Å². The molecule has 0 radical (unpaired) electrons. The van der Waals surface area contributed by atoms with Crippen molar-refractivity contribution in [3.63, 3.8) is 0 Å². The van der Waals surface area contributed by atoms with Gasteiger partial charge in [-0.3, -0.25) is 0 Å². The molecule has 0 aliphatic rings. The lowest BCUT2D eigenvalue weighted by atomic mass is 10.1. The number of anilines is 1. The topological polar surface area (TPSA) is 52.0 Å². The van der Waals surface area contributed by atoms with Crippen LogP contribution in [0.5, 0.6) is 0 Å². The zero-order valence-electron chi connectivity index (χ0n) is 7.05. The minimum atomic E-state index is 0.157. The molecule has 0 fully saturated rings. The third-order valence-corrected chi connectivity index (χ3v) is 1.95. The molecule has 3 heteroatoms. The first-order chi connectivity index (χ1) is 5.59. The first-order valence-corrected chi connectivity index (χ1v) is 4.27. The predicted octanol–water partition coefficient (Wildman–Crippen LogP) is 1.81. The van der Waals surface area contributed by atoms with Crippen LogP contribution in [0.15, 0.2) is 18.2 Å². The Labute approximate surface area is 77.5 Å². The maximum Gasteiger partial charge on any atom is 0.0638 e. The Morgan fingerprint density at radius 2 is 2.17 bits per heavy atom. The lowest BCUT2D eigenvalue weighted by molar-refractivity contribution is 0.738. The monoisotopic (exact) mass is 184 g/mol. The maximum atomic E-state index is 5.83. The summed E-state index contributed by atoms with van der Waals surface area (Å²) in [6, 6.07) is 5.77. The third kappa shape index (κ3) is 2.40. The number of halogens is 1. The molecule has 0 bridgehead atoms. The highest BCUT2D eigenvalue weighted by molar-refractivity contribution is 6.33. The Kier molecular flexibility index (Phi) is 2.95. The maximum absolute atomic E-state index is 5.83. The molecule has 1 aromatic rings. The molecule has 0 unspecified atom stereocenters. The van der Waals surface area contributed by atoms with Crippen LogP contribution in [0.4, 0.5) is 5.69 Å². The summed E-state index contributed by atoms with van der Waals surface area (Å²) in [6.07, 6.45) is 0.833. The summed E-state index contributed by atoms with van der Waals surface area (Å²) in [7, 11) is 0. The van der Waals surface area contributed by atoms with E-state index in [4.69, 9.17) is 23.1 Å². The van der Waals surface area contributed by atoms with Gasteiger partial charge >= 0.3 is 0 Å². The van der Waals surface area contributed by atoms with Crippen LogP contribution in [-0.2, 0) is 6.42 Å². The van der Waals surface area contributed by atoms with Crippen molar-refractivity contribution in [2.24, 2.45) is 5.73 Å². The van der Waals surface area contributed by atoms with Crippen LogP contribution >= 0.6 is 11.6 Å². The average Bonchev–Trinajstić information content (AvgIpc) is 1.96. The van der Waals surface area contributed by atoms with Gasteiger partial charge in [-0.15, -0.1) is 0 Å². The summed E-state index contributed by atoms with van der Waals surface area (Å²) in [5.41, 5.74) is 12.9. The Bertz CT molecular complexity index is 271. The summed E-state index contributed by atoms with van der Waals surface area (Å²) in [5.74, 6) is 0. The molecule has 12 heavy (non-hydrogen) atoms. The minimum absolute atomic E-state index is 0.157. The Hall–Kier alpha value is -0.730. The fourth-order valence-corrected chi connectivity index (χ4v) is 1.27. The zero-order chi connectivity index (χ0) is 9.14. The second-order valence-corrected chi connectivity index (χ2v) is 3.44. The number of hydrogen-bond donors (Lipinski definition) is 2. The van der Waals surface area contributed by atoms with Gasteiger partial charge in [0.25, 0.3) is 0 Å². The van der Waals surface area contributed by atoms with E-state index in [1.165, 1.54) is 0 Å². The quantitative estimate of drug-likeness (QED) is 0.689. The second-order valence-electron chi connectivity index (χ2n) is 3.04. The molecule has 0 aliphatic heterocycles. The molecule has 0 aromatic heterocycles. The number of nitrogens with two attached hydrogens (primary N) is 2. The zero-order valence-corrected chi connectivity index (χ0v) is 7.81. The lowest BCUT2D eigenvalue weighted by Crippen LogP contribution is -2.17. The van der Waals surface area contributed by atoms with Gasteiger partial charge in [-0.2, -0.15) is 0 Å². The fraction of sp³-hybridized carbons (Fsp3) is 0.333. The second kappa shape index (κ2) is 3.78. The van der Waals surface area contributed by atoms with E-state index in [-0.39, 0.29) is 6.04 Å². The predicted molar refractivity (Wildman–Crippen MR) is 53.2 cm³/mol. The third-order valence-electron chi connectivity index (χ3n) is 1.62. The van der Waals surface area contributed by atoms with Crippen molar-refractivity contribution in [2.45, 2.75) is 19.4 Å². The summed E-state index contributed by atoms with van der Waals surface area (Å²) >= 11 is 5.83. The van der Waals surface area contributed by atoms with Gasteiger partial charge in [0.1, 0.15) is 0 Å². The lowest BCUT2D eigenvalue weighted by Gasteiger charge is -2.06. The van der Waals surface area contributed by atoms with Crippen LogP contribution in [-0.4, -0.2) is 6.04 Å². The van der Waals surface area contributed by atoms with Crippen LogP contribution < -0.4 is 11.5 Å². The SMILES string of the molecule is C[C@H](N)Cc1ccc(N)c(Cl)c1. The number of hydrogen-bond acceptors (Lipinski definition) is 2. The van der Waals surface area contributed by atoms with E-state index >= 15 is 0 Å². The standard InChI is InChI=1S/C9H13ClN2/c1-6(11)4-7-2-3-9(12)8(10)5-7/h2-3,5-6H,4,11-12H2,1H3/t6-/m0/s1. The van der Waals surface area contributed by atoms with E-state index in [2.05, 4.69) is 0 Å². The molecule has 0 aliphatic carbocycles. The summed E-state index contributed by atoms with van der Waals surface area (Å²) in [4.78, 5) is 0. The molecule has 0 saturated carbocycles. The van der Waals surface area contributed by atoms with Crippen molar-refractivity contribution < 1.29 is 0 Å². The van der Waals surface area contributed by atoms with Gasteiger partial charge in [-0.25, -0.2) is 0 Å². The highest BCUT2D eigenvalue weighted by Crippen LogP contribution is 2.20. The van der Waals surface area contributed by atoms with Gasteiger partial charge in [-0.1, -0.05) is 17.7 Å². The Morgan fingerprint density at radius 1 is 1.50 bits per heavy atom. The molecule has 1 atom stereocenters. The number of benzene rings is 1. The average molecular weight is 185 g/mol. The van der Waals surface area contributed by atoms with Gasteiger partial charge < -0.3 is 11.5 Å². The minimum Gasteiger partial charge on any atom is -0.398 e. The van der Waals surface area contributed by atoms with Gasteiger partial charge in [0.2, 0.25) is 0 Å². The van der Waals surface area contributed by atoms with E-state index in [1.54, 1.807) is 6.07 Å². The molecule has 0 heterocycles. The first-order valence-electron chi connectivity index (χ1n) is 3.89. The molecule has 0 spiro atoms. The highest BCUT2D eigenvalue weighted by Gasteiger charge is 2.00. The smallest absolute Gasteiger partial charge is 0.0638 e. The van der Waals surface area contributed by atoms with Crippen molar-refractivity contribution in [1.29, 1.82) is 0 Å². The van der Waals surface area contributed by atoms with E-state index in [0.29, 0.717) is 10.7 Å². The van der Waals surface area contributed by atoms with E-state index < -0.39 is 0 Å².